The van der Waals surface area contributed by atoms with Gasteiger partial charge >= 0.3 is 0 Å². The van der Waals surface area contributed by atoms with Crippen LogP contribution < -0.4 is 5.32 Å². The lowest BCUT2D eigenvalue weighted by atomic mass is 10.0. The van der Waals surface area contributed by atoms with Crippen LogP contribution >= 0.6 is 0 Å². The number of nitrogens with zero attached hydrogens (tertiary/aromatic N) is 1. The van der Waals surface area contributed by atoms with Crippen LogP contribution in [0.3, 0.4) is 0 Å². The number of hydrogen-bond acceptors (Lipinski definition) is 3. The van der Waals surface area contributed by atoms with E-state index in [1.54, 1.807) is 0 Å². The van der Waals surface area contributed by atoms with Crippen LogP contribution in [-0.4, -0.2) is 22.7 Å². The topological polar surface area (TPSA) is 45.1 Å². The monoisotopic (exact) mass is 270 g/mol. The molecule has 3 nitrogen and oxygen atoms in total. The van der Waals surface area contributed by atoms with Crippen molar-refractivity contribution in [2.24, 2.45) is 5.92 Å². The van der Waals surface area contributed by atoms with Crippen molar-refractivity contribution in [3.8, 4) is 0 Å². The predicted molar refractivity (Wildman–Crippen MR) is 81.5 cm³/mol. The summed E-state index contributed by atoms with van der Waals surface area (Å²) < 4.78 is 0. The van der Waals surface area contributed by atoms with E-state index in [1.807, 2.05) is 13.0 Å². The van der Waals surface area contributed by atoms with E-state index in [4.69, 9.17) is 0 Å². The van der Waals surface area contributed by atoms with Crippen LogP contribution in [0.2, 0.25) is 0 Å². The first kappa shape index (κ1) is 13.5. The van der Waals surface area contributed by atoms with E-state index in [2.05, 4.69) is 34.6 Å². The number of nitrogens with one attached hydrogen (secondary N) is 1. The average Bonchev–Trinajstić information content (AvgIpc) is 2.92. The van der Waals surface area contributed by atoms with Gasteiger partial charge in [0.15, 0.2) is 0 Å². The van der Waals surface area contributed by atoms with E-state index in [9.17, 15) is 5.11 Å². The van der Waals surface area contributed by atoms with Crippen molar-refractivity contribution >= 4 is 10.9 Å². The van der Waals surface area contributed by atoms with Crippen molar-refractivity contribution < 1.29 is 5.11 Å². The summed E-state index contributed by atoms with van der Waals surface area (Å²) in [6, 6.07) is 10.9. The maximum Gasteiger partial charge on any atom is 0.0708 e. The summed E-state index contributed by atoms with van der Waals surface area (Å²) in [5.41, 5.74) is 3.43. The largest absolute Gasteiger partial charge is 0.396 e. The van der Waals surface area contributed by atoms with Gasteiger partial charge in [-0.15, -0.1) is 0 Å². The first-order valence-electron chi connectivity index (χ1n) is 7.47. The Bertz CT molecular complexity index is 597. The first-order chi connectivity index (χ1) is 9.78. The van der Waals surface area contributed by atoms with Crippen LogP contribution in [0, 0.1) is 12.8 Å². The molecule has 1 aliphatic rings. The average molecular weight is 270 g/mol. The summed E-state index contributed by atoms with van der Waals surface area (Å²) in [6.07, 6.45) is 3.54. The van der Waals surface area contributed by atoms with Crippen LogP contribution in [0.25, 0.3) is 10.9 Å². The quantitative estimate of drug-likeness (QED) is 0.898. The molecule has 0 radical (unpaired) electrons. The molecule has 1 aromatic carbocycles. The summed E-state index contributed by atoms with van der Waals surface area (Å²) in [6.45, 7) is 3.20. The van der Waals surface area contributed by atoms with E-state index in [0.717, 1.165) is 24.2 Å². The summed E-state index contributed by atoms with van der Waals surface area (Å²) >= 11 is 0. The lowest BCUT2D eigenvalue weighted by Gasteiger charge is -2.19. The SMILES string of the molecule is Cc1cc(CNC2CCCC2CO)c2ccccc2n1. The number of aromatic nitrogens is 1. The Morgan fingerprint density at radius 1 is 1.30 bits per heavy atom. The van der Waals surface area contributed by atoms with Crippen molar-refractivity contribution in [2.75, 3.05) is 6.61 Å². The van der Waals surface area contributed by atoms with Gasteiger partial charge in [0.1, 0.15) is 0 Å². The molecule has 0 bridgehead atoms. The Labute approximate surface area is 120 Å². The third kappa shape index (κ3) is 2.69. The van der Waals surface area contributed by atoms with Crippen LogP contribution in [0.4, 0.5) is 0 Å². The molecule has 0 spiro atoms. The normalized spacial score (nSPS) is 22.5. The van der Waals surface area contributed by atoms with Crippen LogP contribution in [-0.2, 0) is 6.54 Å². The number of hydrogen-bond donors (Lipinski definition) is 2. The summed E-state index contributed by atoms with van der Waals surface area (Å²) in [5.74, 6) is 0.421. The van der Waals surface area contributed by atoms with Gasteiger partial charge < -0.3 is 10.4 Å². The van der Waals surface area contributed by atoms with E-state index in [1.165, 1.54) is 23.8 Å². The Balaban J connectivity index is 1.80. The molecule has 2 unspecified atom stereocenters. The molecule has 2 N–H and O–H groups in total. The molecule has 1 heterocycles. The lowest BCUT2D eigenvalue weighted by Crippen LogP contribution is -2.33. The van der Waals surface area contributed by atoms with Crippen molar-refractivity contribution in [1.82, 2.24) is 10.3 Å². The highest BCUT2D eigenvalue weighted by Gasteiger charge is 2.25. The van der Waals surface area contributed by atoms with E-state index in [0.29, 0.717) is 18.6 Å². The van der Waals surface area contributed by atoms with Crippen LogP contribution in [0.1, 0.15) is 30.5 Å². The lowest BCUT2D eigenvalue weighted by molar-refractivity contribution is 0.205. The molecule has 0 saturated heterocycles. The molecular formula is C17H22N2O. The van der Waals surface area contributed by atoms with Gasteiger partial charge in [-0.25, -0.2) is 0 Å². The summed E-state index contributed by atoms with van der Waals surface area (Å²) in [7, 11) is 0. The van der Waals surface area contributed by atoms with Gasteiger partial charge in [-0.2, -0.15) is 0 Å². The molecule has 2 aromatic rings. The molecule has 3 rings (SSSR count). The van der Waals surface area contributed by atoms with E-state index in [-0.39, 0.29) is 0 Å². The van der Waals surface area contributed by atoms with Crippen molar-refractivity contribution in [1.29, 1.82) is 0 Å². The highest BCUT2D eigenvalue weighted by atomic mass is 16.3. The smallest absolute Gasteiger partial charge is 0.0708 e. The minimum atomic E-state index is 0.299. The molecule has 0 aliphatic heterocycles. The number of fused-ring (bicyclic) bond motifs is 1. The second-order valence-corrected chi connectivity index (χ2v) is 5.80. The molecule has 0 amide bonds. The third-order valence-electron chi connectivity index (χ3n) is 4.38. The fraction of sp³-hybridized carbons (Fsp3) is 0.471. The number of para-hydroxylation sites is 1. The molecule has 2 atom stereocenters. The molecule has 1 saturated carbocycles. The Morgan fingerprint density at radius 3 is 3.00 bits per heavy atom. The molecule has 1 aromatic heterocycles. The second kappa shape index (κ2) is 5.90. The highest BCUT2D eigenvalue weighted by molar-refractivity contribution is 5.82. The minimum Gasteiger partial charge on any atom is -0.396 e. The number of aliphatic hydroxyl groups is 1. The van der Waals surface area contributed by atoms with Gasteiger partial charge in [-0.05, 0) is 43.4 Å². The summed E-state index contributed by atoms with van der Waals surface area (Å²) in [5, 5.41) is 14.3. The molecule has 1 aliphatic carbocycles. The highest BCUT2D eigenvalue weighted by Crippen LogP contribution is 2.26. The first-order valence-corrected chi connectivity index (χ1v) is 7.47. The zero-order valence-corrected chi connectivity index (χ0v) is 12.0. The number of aliphatic hydroxyl groups excluding tert-OH is 1. The zero-order valence-electron chi connectivity index (χ0n) is 12.0. The molecule has 106 valence electrons. The Kier molecular flexibility index (Phi) is 3.99. The third-order valence-corrected chi connectivity index (χ3v) is 4.38. The fourth-order valence-corrected chi connectivity index (χ4v) is 3.31. The van der Waals surface area contributed by atoms with Gasteiger partial charge in [0.25, 0.3) is 0 Å². The number of benzene rings is 1. The van der Waals surface area contributed by atoms with Crippen LogP contribution in [0.5, 0.6) is 0 Å². The summed E-state index contributed by atoms with van der Waals surface area (Å²) in [4.78, 5) is 4.58. The minimum absolute atomic E-state index is 0.299. The van der Waals surface area contributed by atoms with Gasteiger partial charge in [-0.3, -0.25) is 4.98 Å². The van der Waals surface area contributed by atoms with Crippen molar-refractivity contribution in [3.63, 3.8) is 0 Å². The van der Waals surface area contributed by atoms with Gasteiger partial charge in [0.05, 0.1) is 5.52 Å². The predicted octanol–water partition coefficient (Wildman–Crippen LogP) is 2.79. The maximum atomic E-state index is 9.40. The number of pyridine rings is 1. The van der Waals surface area contributed by atoms with Crippen molar-refractivity contribution in [2.45, 2.75) is 38.8 Å². The van der Waals surface area contributed by atoms with E-state index >= 15 is 0 Å². The number of rotatable bonds is 4. The second-order valence-electron chi connectivity index (χ2n) is 5.80. The van der Waals surface area contributed by atoms with Crippen LogP contribution in [0.15, 0.2) is 30.3 Å². The van der Waals surface area contributed by atoms with E-state index < -0.39 is 0 Å². The number of aryl methyl sites for hydroxylation is 1. The standard InChI is InChI=1S/C17H22N2O/c1-12-9-14(15-6-2-3-7-17(15)19-12)10-18-16-8-4-5-13(16)11-20/h2-3,6-7,9,13,16,18,20H,4-5,8,10-11H2,1H3. The Morgan fingerprint density at radius 2 is 2.15 bits per heavy atom. The van der Waals surface area contributed by atoms with Gasteiger partial charge in [0.2, 0.25) is 0 Å². The fourth-order valence-electron chi connectivity index (χ4n) is 3.31. The van der Waals surface area contributed by atoms with Gasteiger partial charge in [0, 0.05) is 30.3 Å². The molecule has 1 fully saturated rings. The Hall–Kier alpha value is -1.45. The molecular weight excluding hydrogens is 248 g/mol. The van der Waals surface area contributed by atoms with Gasteiger partial charge in [-0.1, -0.05) is 24.6 Å². The zero-order chi connectivity index (χ0) is 13.9. The molecule has 3 heteroatoms. The maximum absolute atomic E-state index is 9.40. The van der Waals surface area contributed by atoms with Crippen molar-refractivity contribution in [3.05, 3.63) is 41.6 Å². The molecule has 20 heavy (non-hydrogen) atoms.